The Balaban J connectivity index is 1.52. The summed E-state index contributed by atoms with van der Waals surface area (Å²) in [4.78, 5) is 16.7. The van der Waals surface area contributed by atoms with Crippen LogP contribution in [0.25, 0.3) is 0 Å². The first-order valence-electron chi connectivity index (χ1n) is 7.42. The second kappa shape index (κ2) is 4.49. The number of hydrogen-bond acceptors (Lipinski definition) is 3. The van der Waals surface area contributed by atoms with Crippen molar-refractivity contribution in [3.63, 3.8) is 0 Å². The summed E-state index contributed by atoms with van der Waals surface area (Å²) in [6.07, 6.45) is 6.19. The third-order valence-electron chi connectivity index (χ3n) is 4.96. The Hall–Kier alpha value is -0.610. The first-order valence-corrected chi connectivity index (χ1v) is 7.42. The van der Waals surface area contributed by atoms with Crippen molar-refractivity contribution in [2.45, 2.75) is 50.6 Å². The molecule has 0 bridgehead atoms. The second-order valence-corrected chi connectivity index (χ2v) is 6.47. The first-order chi connectivity index (χ1) is 8.60. The zero-order valence-corrected chi connectivity index (χ0v) is 11.4. The normalized spacial score (nSPS) is 29.8. The summed E-state index contributed by atoms with van der Waals surface area (Å²) in [7, 11) is 0. The Labute approximate surface area is 109 Å². The van der Waals surface area contributed by atoms with Crippen LogP contribution in [0.2, 0.25) is 0 Å². The Morgan fingerprint density at radius 2 is 1.83 bits per heavy atom. The van der Waals surface area contributed by atoms with Crippen LogP contribution in [-0.4, -0.2) is 53.5 Å². The van der Waals surface area contributed by atoms with E-state index in [9.17, 15) is 4.79 Å². The average Bonchev–Trinajstić information content (AvgIpc) is 3.19. The molecule has 1 atom stereocenters. The van der Waals surface area contributed by atoms with Gasteiger partial charge in [-0.25, -0.2) is 0 Å². The summed E-state index contributed by atoms with van der Waals surface area (Å²) in [5.41, 5.74) is 6.37. The Bertz CT molecular complexity index is 328. The number of nitrogens with zero attached hydrogens (tertiary/aromatic N) is 2. The first kappa shape index (κ1) is 12.4. The summed E-state index contributed by atoms with van der Waals surface area (Å²) < 4.78 is 0. The Morgan fingerprint density at radius 3 is 2.39 bits per heavy atom. The number of likely N-dealkylation sites (tertiary alicyclic amines) is 2. The lowest BCUT2D eigenvalue weighted by molar-refractivity contribution is -0.140. The van der Waals surface area contributed by atoms with E-state index in [1.165, 1.54) is 32.1 Å². The van der Waals surface area contributed by atoms with Crippen molar-refractivity contribution in [1.82, 2.24) is 9.80 Å². The number of carbonyl (C=O) groups is 1. The lowest BCUT2D eigenvalue weighted by Gasteiger charge is -2.51. The topological polar surface area (TPSA) is 49.6 Å². The van der Waals surface area contributed by atoms with E-state index in [1.54, 1.807) is 0 Å². The molecule has 1 unspecified atom stereocenters. The van der Waals surface area contributed by atoms with E-state index in [-0.39, 0.29) is 11.6 Å². The van der Waals surface area contributed by atoms with Gasteiger partial charge in [0.15, 0.2) is 0 Å². The van der Waals surface area contributed by atoms with Crippen LogP contribution in [0.4, 0.5) is 0 Å². The van der Waals surface area contributed by atoms with Gasteiger partial charge in [0.05, 0.1) is 6.04 Å². The van der Waals surface area contributed by atoms with Crippen LogP contribution in [0.5, 0.6) is 0 Å². The fourth-order valence-corrected chi connectivity index (χ4v) is 3.43. The minimum Gasteiger partial charge on any atom is -0.341 e. The predicted octanol–water partition coefficient (Wildman–Crippen LogP) is 0.811. The van der Waals surface area contributed by atoms with Crippen LogP contribution < -0.4 is 5.73 Å². The lowest BCUT2D eigenvalue weighted by Crippen LogP contribution is -2.72. The van der Waals surface area contributed by atoms with E-state index in [2.05, 4.69) is 4.90 Å². The summed E-state index contributed by atoms with van der Waals surface area (Å²) in [5.74, 6) is 1.04. The van der Waals surface area contributed by atoms with Crippen molar-refractivity contribution in [1.29, 1.82) is 0 Å². The molecule has 4 nitrogen and oxygen atoms in total. The molecule has 2 N–H and O–H groups in total. The van der Waals surface area contributed by atoms with Gasteiger partial charge in [0.2, 0.25) is 5.91 Å². The molecule has 3 fully saturated rings. The van der Waals surface area contributed by atoms with E-state index in [1.807, 2.05) is 11.8 Å². The molecule has 0 aromatic carbocycles. The minimum absolute atomic E-state index is 0.0242. The molecule has 4 heteroatoms. The quantitative estimate of drug-likeness (QED) is 0.807. The molecule has 3 aliphatic rings. The molecule has 0 radical (unpaired) electrons. The van der Waals surface area contributed by atoms with E-state index >= 15 is 0 Å². The molecule has 3 rings (SSSR count). The van der Waals surface area contributed by atoms with Gasteiger partial charge in [-0.3, -0.25) is 9.69 Å². The smallest absolute Gasteiger partial charge is 0.239 e. The SMILES string of the molecule is CC(C(=O)N1CCCCC1)N1CC(N)(C2CC2)C1. The Kier molecular flexibility index (Phi) is 3.10. The maximum absolute atomic E-state index is 12.4. The molecule has 0 aromatic rings. The molecule has 0 aromatic heterocycles. The van der Waals surface area contributed by atoms with E-state index < -0.39 is 0 Å². The van der Waals surface area contributed by atoms with Crippen molar-refractivity contribution in [2.75, 3.05) is 26.2 Å². The van der Waals surface area contributed by atoms with Crippen molar-refractivity contribution in [2.24, 2.45) is 11.7 Å². The van der Waals surface area contributed by atoms with Gasteiger partial charge in [-0.2, -0.15) is 0 Å². The van der Waals surface area contributed by atoms with Gasteiger partial charge in [-0.1, -0.05) is 0 Å². The average molecular weight is 251 g/mol. The third-order valence-corrected chi connectivity index (χ3v) is 4.96. The zero-order valence-electron chi connectivity index (χ0n) is 11.4. The summed E-state index contributed by atoms with van der Waals surface area (Å²) in [6, 6.07) is 0.0264. The number of amides is 1. The number of piperidine rings is 1. The summed E-state index contributed by atoms with van der Waals surface area (Å²) in [6.45, 7) is 5.78. The highest BCUT2D eigenvalue weighted by Crippen LogP contribution is 2.43. The van der Waals surface area contributed by atoms with Gasteiger partial charge >= 0.3 is 0 Å². The number of carbonyl (C=O) groups excluding carboxylic acids is 1. The molecule has 2 aliphatic heterocycles. The van der Waals surface area contributed by atoms with Gasteiger partial charge in [0, 0.05) is 31.7 Å². The fourth-order valence-electron chi connectivity index (χ4n) is 3.43. The van der Waals surface area contributed by atoms with Crippen LogP contribution >= 0.6 is 0 Å². The van der Waals surface area contributed by atoms with Crippen LogP contribution in [0.15, 0.2) is 0 Å². The maximum atomic E-state index is 12.4. The number of rotatable bonds is 3. The molecule has 2 heterocycles. The minimum atomic E-state index is 0.0242. The summed E-state index contributed by atoms with van der Waals surface area (Å²) in [5, 5.41) is 0. The molecule has 1 saturated carbocycles. The van der Waals surface area contributed by atoms with E-state index in [4.69, 9.17) is 5.73 Å². The van der Waals surface area contributed by atoms with Crippen molar-refractivity contribution in [3.05, 3.63) is 0 Å². The monoisotopic (exact) mass is 251 g/mol. The van der Waals surface area contributed by atoms with Crippen molar-refractivity contribution >= 4 is 5.91 Å². The standard InChI is InChI=1S/C14H25N3O/c1-11(13(18)16-7-3-2-4-8-16)17-9-14(15,10-17)12-5-6-12/h11-12H,2-10,15H2,1H3. The molecule has 0 spiro atoms. The Morgan fingerprint density at radius 1 is 1.22 bits per heavy atom. The van der Waals surface area contributed by atoms with E-state index in [0.29, 0.717) is 5.91 Å². The zero-order chi connectivity index (χ0) is 12.8. The van der Waals surface area contributed by atoms with Crippen LogP contribution in [0.1, 0.15) is 39.0 Å². The van der Waals surface area contributed by atoms with Crippen molar-refractivity contribution < 1.29 is 4.79 Å². The number of hydrogen-bond donors (Lipinski definition) is 1. The van der Waals surface area contributed by atoms with Gasteiger partial charge < -0.3 is 10.6 Å². The molecule has 1 aliphatic carbocycles. The summed E-state index contributed by atoms with van der Waals surface area (Å²) >= 11 is 0. The highest BCUT2D eigenvalue weighted by Gasteiger charge is 2.52. The van der Waals surface area contributed by atoms with Gasteiger partial charge in [0.1, 0.15) is 0 Å². The molecule has 1 amide bonds. The molecular formula is C14H25N3O. The second-order valence-electron chi connectivity index (χ2n) is 6.47. The van der Waals surface area contributed by atoms with Gasteiger partial charge in [0.25, 0.3) is 0 Å². The highest BCUT2D eigenvalue weighted by atomic mass is 16.2. The van der Waals surface area contributed by atoms with E-state index in [0.717, 1.165) is 32.1 Å². The molecular weight excluding hydrogens is 226 g/mol. The fraction of sp³-hybridized carbons (Fsp3) is 0.929. The largest absolute Gasteiger partial charge is 0.341 e. The molecule has 2 saturated heterocycles. The van der Waals surface area contributed by atoms with Gasteiger partial charge in [-0.15, -0.1) is 0 Å². The van der Waals surface area contributed by atoms with Crippen LogP contribution in [-0.2, 0) is 4.79 Å². The van der Waals surface area contributed by atoms with Crippen LogP contribution in [0.3, 0.4) is 0 Å². The maximum Gasteiger partial charge on any atom is 0.239 e. The highest BCUT2D eigenvalue weighted by molar-refractivity contribution is 5.81. The molecule has 102 valence electrons. The third kappa shape index (κ3) is 2.16. The van der Waals surface area contributed by atoms with Gasteiger partial charge in [-0.05, 0) is 44.9 Å². The predicted molar refractivity (Wildman–Crippen MR) is 71.1 cm³/mol. The lowest BCUT2D eigenvalue weighted by atomic mass is 9.84. The number of nitrogens with two attached hydrogens (primary N) is 1. The van der Waals surface area contributed by atoms with Crippen molar-refractivity contribution in [3.8, 4) is 0 Å². The van der Waals surface area contributed by atoms with Crippen LogP contribution in [0, 0.1) is 5.92 Å². The molecule has 18 heavy (non-hydrogen) atoms.